The van der Waals surface area contributed by atoms with Gasteiger partial charge in [-0.2, -0.15) is 5.26 Å². The van der Waals surface area contributed by atoms with E-state index in [0.29, 0.717) is 13.2 Å². The molecule has 0 aliphatic rings. The van der Waals surface area contributed by atoms with Crippen molar-refractivity contribution in [2.24, 2.45) is 5.73 Å². The normalized spacial score (nSPS) is 9.82. The summed E-state index contributed by atoms with van der Waals surface area (Å²) in [5.41, 5.74) is 5.76. The van der Waals surface area contributed by atoms with E-state index < -0.39 is 5.82 Å². The smallest absolute Gasteiger partial charge is 0.197 e. The van der Waals surface area contributed by atoms with Gasteiger partial charge >= 0.3 is 0 Å². The molecule has 0 saturated heterocycles. The molecular weight excluding hydrogens is 223 g/mol. The Balaban J connectivity index is 3.39. The molecule has 5 heteroatoms. The number of halogens is 1. The van der Waals surface area contributed by atoms with Gasteiger partial charge in [-0.05, 0) is 13.8 Å². The Bertz CT molecular complexity index is 441. The molecule has 0 heterocycles. The maximum atomic E-state index is 14.1. The minimum atomic E-state index is -0.614. The summed E-state index contributed by atoms with van der Waals surface area (Å²) in [5, 5.41) is 8.92. The fraction of sp³-hybridized carbons (Fsp3) is 0.417. The summed E-state index contributed by atoms with van der Waals surface area (Å²) >= 11 is 0. The van der Waals surface area contributed by atoms with E-state index in [-0.39, 0.29) is 29.2 Å². The Morgan fingerprint density at radius 2 is 2.00 bits per heavy atom. The molecule has 0 spiro atoms. The molecule has 4 nitrogen and oxygen atoms in total. The second-order valence-corrected chi connectivity index (χ2v) is 3.23. The van der Waals surface area contributed by atoms with Gasteiger partial charge in [0, 0.05) is 18.2 Å². The molecule has 0 aliphatic carbocycles. The van der Waals surface area contributed by atoms with Crippen LogP contribution in [0.1, 0.15) is 25.0 Å². The third kappa shape index (κ3) is 2.66. The molecule has 1 aromatic carbocycles. The molecular formula is C12H15FN2O2. The van der Waals surface area contributed by atoms with Crippen LogP contribution >= 0.6 is 0 Å². The number of hydrogen-bond acceptors (Lipinski definition) is 4. The van der Waals surface area contributed by atoms with E-state index in [0.717, 1.165) is 0 Å². The van der Waals surface area contributed by atoms with E-state index in [1.165, 1.54) is 6.07 Å². The van der Waals surface area contributed by atoms with Gasteiger partial charge in [0.15, 0.2) is 17.3 Å². The molecule has 0 radical (unpaired) electrons. The summed E-state index contributed by atoms with van der Waals surface area (Å²) in [7, 11) is 0. The zero-order chi connectivity index (χ0) is 12.8. The number of hydrogen-bond donors (Lipinski definition) is 1. The molecule has 92 valence electrons. The highest BCUT2D eigenvalue weighted by Gasteiger charge is 2.19. The largest absolute Gasteiger partial charge is 0.490 e. The first kappa shape index (κ1) is 13.3. The monoisotopic (exact) mass is 238 g/mol. The fourth-order valence-electron chi connectivity index (χ4n) is 1.49. The second kappa shape index (κ2) is 6.06. The lowest BCUT2D eigenvalue weighted by Crippen LogP contribution is -2.08. The van der Waals surface area contributed by atoms with E-state index in [4.69, 9.17) is 20.5 Å². The highest BCUT2D eigenvalue weighted by Crippen LogP contribution is 2.34. The summed E-state index contributed by atoms with van der Waals surface area (Å²) in [6.07, 6.45) is 0. The lowest BCUT2D eigenvalue weighted by molar-refractivity contribution is 0.274. The van der Waals surface area contributed by atoms with Crippen molar-refractivity contribution in [2.75, 3.05) is 13.2 Å². The molecule has 0 aliphatic heterocycles. The van der Waals surface area contributed by atoms with Crippen molar-refractivity contribution < 1.29 is 13.9 Å². The lowest BCUT2D eigenvalue weighted by Gasteiger charge is -2.14. The number of ether oxygens (including phenoxy) is 2. The SMILES string of the molecule is CCOc1cc(C#N)c(CN)c(F)c1OCC. The number of nitriles is 1. The second-order valence-electron chi connectivity index (χ2n) is 3.23. The highest BCUT2D eigenvalue weighted by atomic mass is 19.1. The van der Waals surface area contributed by atoms with Gasteiger partial charge in [0.25, 0.3) is 0 Å². The summed E-state index contributed by atoms with van der Waals surface area (Å²) in [6, 6.07) is 3.36. The van der Waals surface area contributed by atoms with Crippen molar-refractivity contribution in [2.45, 2.75) is 20.4 Å². The van der Waals surface area contributed by atoms with E-state index in [1.807, 2.05) is 6.07 Å². The van der Waals surface area contributed by atoms with Crippen LogP contribution in [0.15, 0.2) is 6.07 Å². The third-order valence-corrected chi connectivity index (χ3v) is 2.20. The predicted octanol–water partition coefficient (Wildman–Crippen LogP) is 1.95. The Labute approximate surface area is 99.7 Å². The van der Waals surface area contributed by atoms with Crippen molar-refractivity contribution in [1.29, 1.82) is 5.26 Å². The van der Waals surface area contributed by atoms with Gasteiger partial charge in [-0.1, -0.05) is 0 Å². The first-order valence-corrected chi connectivity index (χ1v) is 5.40. The molecule has 0 amide bonds. The van der Waals surface area contributed by atoms with Crippen molar-refractivity contribution in [3.05, 3.63) is 23.0 Å². The van der Waals surface area contributed by atoms with Crippen LogP contribution in [0.4, 0.5) is 4.39 Å². The lowest BCUT2D eigenvalue weighted by atomic mass is 10.1. The van der Waals surface area contributed by atoms with Gasteiger partial charge in [0.2, 0.25) is 0 Å². The average Bonchev–Trinajstić information content (AvgIpc) is 2.33. The maximum Gasteiger partial charge on any atom is 0.197 e. The highest BCUT2D eigenvalue weighted by molar-refractivity contribution is 5.53. The fourth-order valence-corrected chi connectivity index (χ4v) is 1.49. The number of rotatable bonds is 5. The topological polar surface area (TPSA) is 68.3 Å². The van der Waals surface area contributed by atoms with Crippen LogP contribution in [0.2, 0.25) is 0 Å². The van der Waals surface area contributed by atoms with Crippen molar-refractivity contribution in [1.82, 2.24) is 0 Å². The minimum absolute atomic E-state index is 0.0220. The zero-order valence-corrected chi connectivity index (χ0v) is 9.92. The third-order valence-electron chi connectivity index (χ3n) is 2.20. The Morgan fingerprint density at radius 3 is 2.47 bits per heavy atom. The van der Waals surface area contributed by atoms with E-state index in [9.17, 15) is 4.39 Å². The van der Waals surface area contributed by atoms with Crippen LogP contribution in [0.25, 0.3) is 0 Å². The molecule has 0 atom stereocenters. The van der Waals surface area contributed by atoms with Gasteiger partial charge < -0.3 is 15.2 Å². The number of nitrogens with two attached hydrogens (primary N) is 1. The van der Waals surface area contributed by atoms with Gasteiger partial charge in [0.05, 0.1) is 24.8 Å². The molecule has 0 fully saturated rings. The van der Waals surface area contributed by atoms with E-state index >= 15 is 0 Å². The summed E-state index contributed by atoms with van der Waals surface area (Å²) in [6.45, 7) is 4.15. The molecule has 0 unspecified atom stereocenters. The van der Waals surface area contributed by atoms with Gasteiger partial charge in [-0.15, -0.1) is 0 Å². The average molecular weight is 238 g/mol. The van der Waals surface area contributed by atoms with Crippen LogP contribution in [-0.4, -0.2) is 13.2 Å². The van der Waals surface area contributed by atoms with Crippen LogP contribution in [0, 0.1) is 17.1 Å². The first-order valence-electron chi connectivity index (χ1n) is 5.40. The van der Waals surface area contributed by atoms with Crippen molar-refractivity contribution >= 4 is 0 Å². The molecule has 0 saturated carbocycles. The van der Waals surface area contributed by atoms with Gasteiger partial charge in [-0.3, -0.25) is 0 Å². The van der Waals surface area contributed by atoms with Crippen LogP contribution < -0.4 is 15.2 Å². The molecule has 2 N–H and O–H groups in total. The standard InChI is InChI=1S/C12H15FN2O2/c1-3-16-10-5-8(6-14)9(7-15)11(13)12(10)17-4-2/h5H,3-4,7,15H2,1-2H3. The summed E-state index contributed by atoms with van der Waals surface area (Å²) < 4.78 is 24.5. The summed E-state index contributed by atoms with van der Waals surface area (Å²) in [4.78, 5) is 0. The molecule has 1 rings (SSSR count). The molecule has 0 bridgehead atoms. The van der Waals surface area contributed by atoms with Crippen molar-refractivity contribution in [3.63, 3.8) is 0 Å². The van der Waals surface area contributed by atoms with Gasteiger partial charge in [0.1, 0.15) is 0 Å². The predicted molar refractivity (Wildman–Crippen MR) is 61.3 cm³/mol. The zero-order valence-electron chi connectivity index (χ0n) is 9.92. The van der Waals surface area contributed by atoms with Crippen LogP contribution in [-0.2, 0) is 6.54 Å². The minimum Gasteiger partial charge on any atom is -0.490 e. The quantitative estimate of drug-likeness (QED) is 0.851. The molecule has 17 heavy (non-hydrogen) atoms. The number of benzene rings is 1. The molecule has 0 aromatic heterocycles. The van der Waals surface area contributed by atoms with Crippen LogP contribution in [0.5, 0.6) is 11.5 Å². The van der Waals surface area contributed by atoms with Crippen molar-refractivity contribution in [3.8, 4) is 17.6 Å². The Hall–Kier alpha value is -1.80. The Morgan fingerprint density at radius 1 is 1.35 bits per heavy atom. The Kier molecular flexibility index (Phi) is 4.73. The van der Waals surface area contributed by atoms with E-state index in [2.05, 4.69) is 0 Å². The first-order chi connectivity index (χ1) is 8.19. The molecule has 1 aromatic rings. The summed E-state index contributed by atoms with van der Waals surface area (Å²) in [5.74, 6) is -0.355. The van der Waals surface area contributed by atoms with E-state index in [1.54, 1.807) is 13.8 Å². The maximum absolute atomic E-state index is 14.1. The van der Waals surface area contributed by atoms with Gasteiger partial charge in [-0.25, -0.2) is 4.39 Å². The van der Waals surface area contributed by atoms with Crippen LogP contribution in [0.3, 0.4) is 0 Å². The number of nitrogens with zero attached hydrogens (tertiary/aromatic N) is 1.